The van der Waals surface area contributed by atoms with Gasteiger partial charge in [-0.05, 0) is 18.8 Å². The van der Waals surface area contributed by atoms with E-state index in [4.69, 9.17) is 0 Å². The van der Waals surface area contributed by atoms with E-state index in [2.05, 4.69) is 15.3 Å². The molecular formula is C12H17N3O. The lowest BCUT2D eigenvalue weighted by molar-refractivity contribution is 0.428. The molecule has 0 radical (unpaired) electrons. The van der Waals surface area contributed by atoms with Crippen molar-refractivity contribution in [1.29, 1.82) is 0 Å². The van der Waals surface area contributed by atoms with Gasteiger partial charge in [-0.1, -0.05) is 12.8 Å². The maximum absolute atomic E-state index is 12.0. The van der Waals surface area contributed by atoms with E-state index in [1.54, 1.807) is 0 Å². The second-order valence-corrected chi connectivity index (χ2v) is 4.89. The summed E-state index contributed by atoms with van der Waals surface area (Å²) in [7, 11) is 0. The van der Waals surface area contributed by atoms with Crippen LogP contribution in [0.4, 0.5) is 0 Å². The average molecular weight is 219 g/mol. The lowest BCUT2D eigenvalue weighted by atomic mass is 9.99. The van der Waals surface area contributed by atoms with Crippen LogP contribution in [-0.4, -0.2) is 23.1 Å². The highest BCUT2D eigenvalue weighted by molar-refractivity contribution is 5.15. The van der Waals surface area contributed by atoms with Crippen LogP contribution in [0, 0.1) is 0 Å². The molecule has 2 aliphatic rings. The Morgan fingerprint density at radius 2 is 1.94 bits per heavy atom. The average Bonchev–Trinajstić information content (AvgIpc) is 2.68. The Balaban J connectivity index is 1.87. The number of nitrogens with one attached hydrogen (secondary N) is 2. The van der Waals surface area contributed by atoms with Gasteiger partial charge >= 0.3 is 0 Å². The van der Waals surface area contributed by atoms with E-state index in [0.29, 0.717) is 11.8 Å². The lowest BCUT2D eigenvalue weighted by Gasteiger charge is -2.26. The third kappa shape index (κ3) is 1.67. The first-order valence-corrected chi connectivity index (χ1v) is 6.14. The third-order valence-corrected chi connectivity index (χ3v) is 3.81. The predicted molar refractivity (Wildman–Crippen MR) is 61.7 cm³/mol. The maximum Gasteiger partial charge on any atom is 0.254 e. The molecule has 0 amide bonds. The van der Waals surface area contributed by atoms with Crippen molar-refractivity contribution in [3.8, 4) is 0 Å². The molecule has 1 aliphatic carbocycles. The topological polar surface area (TPSA) is 57.8 Å². The molecule has 0 aromatic carbocycles. The van der Waals surface area contributed by atoms with Gasteiger partial charge in [0, 0.05) is 30.8 Å². The fourth-order valence-electron chi connectivity index (χ4n) is 2.64. The summed E-state index contributed by atoms with van der Waals surface area (Å²) in [5.41, 5.74) is 0.984. The fourth-order valence-corrected chi connectivity index (χ4v) is 2.64. The number of aromatic nitrogens is 2. The highest BCUT2D eigenvalue weighted by atomic mass is 16.1. The van der Waals surface area contributed by atoms with Crippen LogP contribution in [0.2, 0.25) is 0 Å². The van der Waals surface area contributed by atoms with Gasteiger partial charge in [-0.15, -0.1) is 0 Å². The van der Waals surface area contributed by atoms with Crippen molar-refractivity contribution < 1.29 is 0 Å². The van der Waals surface area contributed by atoms with Gasteiger partial charge in [0.25, 0.3) is 5.56 Å². The van der Waals surface area contributed by atoms with Gasteiger partial charge in [-0.3, -0.25) is 4.79 Å². The van der Waals surface area contributed by atoms with E-state index in [0.717, 1.165) is 37.3 Å². The Kier molecular flexibility index (Phi) is 2.52. The van der Waals surface area contributed by atoms with Crippen molar-refractivity contribution in [3.05, 3.63) is 27.9 Å². The van der Waals surface area contributed by atoms with Gasteiger partial charge in [0.1, 0.15) is 5.82 Å². The van der Waals surface area contributed by atoms with E-state index < -0.39 is 0 Å². The zero-order chi connectivity index (χ0) is 11.0. The molecule has 16 heavy (non-hydrogen) atoms. The van der Waals surface area contributed by atoms with Crippen LogP contribution in [0.25, 0.3) is 0 Å². The van der Waals surface area contributed by atoms with E-state index in [1.165, 1.54) is 12.8 Å². The molecule has 2 N–H and O–H groups in total. The second kappa shape index (κ2) is 4.01. The van der Waals surface area contributed by atoms with Crippen molar-refractivity contribution in [1.82, 2.24) is 15.3 Å². The number of hydrogen-bond donors (Lipinski definition) is 2. The van der Waals surface area contributed by atoms with Crippen molar-refractivity contribution >= 4 is 0 Å². The summed E-state index contributed by atoms with van der Waals surface area (Å²) >= 11 is 0. The molecule has 0 atom stereocenters. The van der Waals surface area contributed by atoms with E-state index >= 15 is 0 Å². The summed E-state index contributed by atoms with van der Waals surface area (Å²) in [6.45, 7) is 1.87. The largest absolute Gasteiger partial charge is 0.315 e. The Morgan fingerprint density at radius 3 is 2.50 bits per heavy atom. The molecule has 4 nitrogen and oxygen atoms in total. The van der Waals surface area contributed by atoms with Crippen LogP contribution < -0.4 is 10.9 Å². The summed E-state index contributed by atoms with van der Waals surface area (Å²) in [5, 5.41) is 3.19. The monoisotopic (exact) mass is 219 g/mol. The normalized spacial score (nSPS) is 22.2. The molecule has 1 saturated carbocycles. The summed E-state index contributed by atoms with van der Waals surface area (Å²) in [5.74, 6) is 1.71. The minimum Gasteiger partial charge on any atom is -0.315 e. The Labute approximate surface area is 94.5 Å². The first-order chi connectivity index (χ1) is 7.84. The van der Waals surface area contributed by atoms with Gasteiger partial charge in [0.05, 0.1) is 0 Å². The van der Waals surface area contributed by atoms with Gasteiger partial charge in [-0.2, -0.15) is 0 Å². The molecular weight excluding hydrogens is 202 g/mol. The van der Waals surface area contributed by atoms with Crippen molar-refractivity contribution in [2.24, 2.45) is 0 Å². The van der Waals surface area contributed by atoms with Crippen molar-refractivity contribution in [2.45, 2.75) is 37.5 Å². The standard InChI is InChI=1S/C12H17N3O/c16-12-10(8-3-1-2-4-8)7-14-11(15-12)9-5-13-6-9/h7-9,13H,1-6H2,(H,14,15,16). The molecule has 2 fully saturated rings. The van der Waals surface area contributed by atoms with Crippen LogP contribution in [0.3, 0.4) is 0 Å². The molecule has 0 spiro atoms. The molecule has 1 aliphatic heterocycles. The third-order valence-electron chi connectivity index (χ3n) is 3.81. The summed E-state index contributed by atoms with van der Waals surface area (Å²) in [6, 6.07) is 0. The molecule has 4 heteroatoms. The zero-order valence-corrected chi connectivity index (χ0v) is 9.33. The van der Waals surface area contributed by atoms with Crippen molar-refractivity contribution in [2.75, 3.05) is 13.1 Å². The minimum atomic E-state index is 0.0869. The van der Waals surface area contributed by atoms with Gasteiger partial charge in [0.2, 0.25) is 0 Å². The quantitative estimate of drug-likeness (QED) is 0.783. The minimum absolute atomic E-state index is 0.0869. The SMILES string of the molecule is O=c1[nH]c(C2CNC2)ncc1C1CCCC1. The van der Waals surface area contributed by atoms with Crippen LogP contribution >= 0.6 is 0 Å². The van der Waals surface area contributed by atoms with Crippen molar-refractivity contribution in [3.63, 3.8) is 0 Å². The Bertz CT molecular complexity index is 430. The molecule has 0 bridgehead atoms. The van der Waals surface area contributed by atoms with E-state index in [1.807, 2.05) is 6.20 Å². The van der Waals surface area contributed by atoms with E-state index in [9.17, 15) is 4.79 Å². The molecule has 1 aromatic rings. The van der Waals surface area contributed by atoms with Gasteiger partial charge < -0.3 is 10.3 Å². The highest BCUT2D eigenvalue weighted by Crippen LogP contribution is 2.32. The molecule has 1 saturated heterocycles. The Morgan fingerprint density at radius 1 is 1.19 bits per heavy atom. The lowest BCUT2D eigenvalue weighted by Crippen LogP contribution is -2.41. The smallest absolute Gasteiger partial charge is 0.254 e. The first kappa shape index (κ1) is 10.0. The van der Waals surface area contributed by atoms with Crippen LogP contribution in [-0.2, 0) is 0 Å². The van der Waals surface area contributed by atoms with Gasteiger partial charge in [0.15, 0.2) is 0 Å². The maximum atomic E-state index is 12.0. The number of nitrogens with zero attached hydrogens (tertiary/aromatic N) is 1. The van der Waals surface area contributed by atoms with Crippen LogP contribution in [0.15, 0.2) is 11.0 Å². The summed E-state index contributed by atoms with van der Waals surface area (Å²) in [4.78, 5) is 19.3. The number of aromatic amines is 1. The number of rotatable bonds is 2. The number of H-pyrrole nitrogens is 1. The van der Waals surface area contributed by atoms with E-state index in [-0.39, 0.29) is 5.56 Å². The van der Waals surface area contributed by atoms with Crippen LogP contribution in [0.5, 0.6) is 0 Å². The predicted octanol–water partition coefficient (Wildman–Crippen LogP) is 1.11. The zero-order valence-electron chi connectivity index (χ0n) is 9.33. The molecule has 0 unspecified atom stereocenters. The molecule has 1 aromatic heterocycles. The molecule has 86 valence electrons. The molecule has 2 heterocycles. The first-order valence-electron chi connectivity index (χ1n) is 6.14. The second-order valence-electron chi connectivity index (χ2n) is 4.89. The summed E-state index contributed by atoms with van der Waals surface area (Å²) in [6.07, 6.45) is 6.60. The molecule has 3 rings (SSSR count). The number of hydrogen-bond acceptors (Lipinski definition) is 3. The fraction of sp³-hybridized carbons (Fsp3) is 0.667. The summed E-state index contributed by atoms with van der Waals surface area (Å²) < 4.78 is 0. The van der Waals surface area contributed by atoms with Gasteiger partial charge in [-0.25, -0.2) is 4.98 Å². The highest BCUT2D eigenvalue weighted by Gasteiger charge is 2.24. The Hall–Kier alpha value is -1.16. The van der Waals surface area contributed by atoms with Crippen LogP contribution in [0.1, 0.15) is 48.9 Å².